The molecule has 0 fully saturated rings. The SMILES string of the molecule is C/C=C/C(C)=O.CCC(C)CC(C)=O.CN.CN.CNC(C)CC(C)=O. The van der Waals surface area contributed by atoms with Gasteiger partial charge in [-0.15, -0.1) is 0 Å². The maximum absolute atomic E-state index is 10.4. The second kappa shape index (κ2) is 31.4. The van der Waals surface area contributed by atoms with E-state index in [1.807, 2.05) is 20.9 Å². The van der Waals surface area contributed by atoms with Crippen LogP contribution in [-0.4, -0.2) is 44.5 Å². The normalized spacial score (nSPS) is 10.9. The van der Waals surface area contributed by atoms with Crippen molar-refractivity contribution in [3.63, 3.8) is 0 Å². The van der Waals surface area contributed by atoms with Crippen molar-refractivity contribution in [1.82, 2.24) is 5.32 Å². The molecular weight excluding hydrogens is 330 g/mol. The predicted octanol–water partition coefficient (Wildman–Crippen LogP) is 2.89. The minimum absolute atomic E-state index is 0.109. The molecule has 6 heteroatoms. The van der Waals surface area contributed by atoms with E-state index in [9.17, 15) is 14.4 Å². The lowest BCUT2D eigenvalue weighted by molar-refractivity contribution is -0.118. The lowest BCUT2D eigenvalue weighted by Gasteiger charge is -2.04. The molecule has 0 saturated carbocycles. The molecule has 0 aromatic heterocycles. The molecule has 0 aliphatic heterocycles. The summed E-state index contributed by atoms with van der Waals surface area (Å²) in [6, 6.07) is 0.326. The van der Waals surface area contributed by atoms with Gasteiger partial charge in [-0.25, -0.2) is 0 Å². The summed E-state index contributed by atoms with van der Waals surface area (Å²) in [7, 11) is 4.85. The van der Waals surface area contributed by atoms with E-state index in [0.29, 0.717) is 24.2 Å². The molecule has 0 bridgehead atoms. The Bertz CT molecular complexity index is 321. The first-order chi connectivity index (χ1) is 12.1. The van der Waals surface area contributed by atoms with Crippen LogP contribution < -0.4 is 16.8 Å². The molecule has 6 nitrogen and oxygen atoms in total. The molecule has 0 amide bonds. The fourth-order valence-electron chi connectivity index (χ4n) is 1.40. The van der Waals surface area contributed by atoms with Crippen LogP contribution in [-0.2, 0) is 14.4 Å². The molecular formula is C20H45N3O3. The Hall–Kier alpha value is -1.37. The number of nitrogens with two attached hydrogens (primary N) is 2. The number of hydrogen-bond donors (Lipinski definition) is 3. The van der Waals surface area contributed by atoms with Crippen LogP contribution in [0.3, 0.4) is 0 Å². The Balaban J connectivity index is -0.0000000778. The van der Waals surface area contributed by atoms with Crippen molar-refractivity contribution in [2.75, 3.05) is 21.1 Å². The molecule has 0 aromatic carbocycles. The van der Waals surface area contributed by atoms with E-state index in [1.165, 1.54) is 27.1 Å². The van der Waals surface area contributed by atoms with E-state index in [4.69, 9.17) is 0 Å². The molecule has 0 aliphatic carbocycles. The van der Waals surface area contributed by atoms with Gasteiger partial charge in [-0.05, 0) is 67.8 Å². The zero-order chi connectivity index (χ0) is 22.1. The maximum atomic E-state index is 10.4. The van der Waals surface area contributed by atoms with Crippen LogP contribution in [0.5, 0.6) is 0 Å². The number of nitrogens with one attached hydrogen (secondary N) is 1. The van der Waals surface area contributed by atoms with Gasteiger partial charge in [0, 0.05) is 18.9 Å². The molecule has 158 valence electrons. The molecule has 2 unspecified atom stereocenters. The van der Waals surface area contributed by atoms with Crippen molar-refractivity contribution in [1.29, 1.82) is 0 Å². The molecule has 26 heavy (non-hydrogen) atoms. The molecule has 0 heterocycles. The van der Waals surface area contributed by atoms with Gasteiger partial charge in [0.15, 0.2) is 5.78 Å². The van der Waals surface area contributed by atoms with Crippen molar-refractivity contribution in [3.8, 4) is 0 Å². The third-order valence-electron chi connectivity index (χ3n) is 2.82. The van der Waals surface area contributed by atoms with Gasteiger partial charge < -0.3 is 21.6 Å². The van der Waals surface area contributed by atoms with Crippen molar-refractivity contribution in [2.24, 2.45) is 17.4 Å². The molecule has 0 rings (SSSR count). The van der Waals surface area contributed by atoms with E-state index >= 15 is 0 Å². The summed E-state index contributed by atoms with van der Waals surface area (Å²) in [6.45, 7) is 12.8. The van der Waals surface area contributed by atoms with Gasteiger partial charge in [0.1, 0.15) is 11.6 Å². The van der Waals surface area contributed by atoms with E-state index in [1.54, 1.807) is 19.9 Å². The Labute approximate surface area is 162 Å². The third kappa shape index (κ3) is 57.0. The Morgan fingerprint density at radius 1 is 0.923 bits per heavy atom. The van der Waals surface area contributed by atoms with Crippen LogP contribution in [0.25, 0.3) is 0 Å². The standard InChI is InChI=1S/C7H14O.C6H13NO.C5H8O.2CH5N/c1-4-6(2)5-7(3)8;1-5(7-3)4-6(2)8;1-3-4-5(2)6;2*1-2/h6H,4-5H2,1-3H3;5,7H,4H2,1-3H3;3-4H,1-2H3;2*2H2,1H3/b;;4-3+;;. The van der Waals surface area contributed by atoms with E-state index < -0.39 is 0 Å². The van der Waals surface area contributed by atoms with Crippen LogP contribution in [0, 0.1) is 5.92 Å². The van der Waals surface area contributed by atoms with Crippen molar-refractivity contribution < 1.29 is 14.4 Å². The van der Waals surface area contributed by atoms with Crippen molar-refractivity contribution in [3.05, 3.63) is 12.2 Å². The fourth-order valence-corrected chi connectivity index (χ4v) is 1.40. The summed E-state index contributed by atoms with van der Waals surface area (Å²) in [4.78, 5) is 30.7. The first kappa shape index (κ1) is 35.7. The van der Waals surface area contributed by atoms with Gasteiger partial charge in [0.25, 0.3) is 0 Å². The number of ketones is 3. The Kier molecular flexibility index (Phi) is 43.1. The molecule has 0 radical (unpaired) electrons. The quantitative estimate of drug-likeness (QED) is 0.589. The van der Waals surface area contributed by atoms with Crippen molar-refractivity contribution in [2.45, 2.75) is 73.8 Å². The van der Waals surface area contributed by atoms with Gasteiger partial charge in [0.2, 0.25) is 0 Å². The molecule has 0 saturated heterocycles. The fraction of sp³-hybridized carbons (Fsp3) is 0.750. The highest BCUT2D eigenvalue weighted by Gasteiger charge is 2.00. The van der Waals surface area contributed by atoms with Crippen LogP contribution in [0.2, 0.25) is 0 Å². The summed E-state index contributed by atoms with van der Waals surface area (Å²) in [5.41, 5.74) is 9.00. The summed E-state index contributed by atoms with van der Waals surface area (Å²) in [5.74, 6) is 1.23. The lowest BCUT2D eigenvalue weighted by atomic mass is 10.0. The summed E-state index contributed by atoms with van der Waals surface area (Å²) in [5, 5.41) is 2.98. The van der Waals surface area contributed by atoms with Crippen molar-refractivity contribution >= 4 is 17.3 Å². The summed E-state index contributed by atoms with van der Waals surface area (Å²) in [6.07, 6.45) is 5.74. The first-order valence-electron chi connectivity index (χ1n) is 9.05. The minimum atomic E-state index is 0.109. The summed E-state index contributed by atoms with van der Waals surface area (Å²) < 4.78 is 0. The monoisotopic (exact) mass is 375 g/mol. The van der Waals surface area contributed by atoms with E-state index in [-0.39, 0.29) is 11.6 Å². The van der Waals surface area contributed by atoms with Gasteiger partial charge in [0.05, 0.1) is 0 Å². The topological polar surface area (TPSA) is 115 Å². The molecule has 2 atom stereocenters. The van der Waals surface area contributed by atoms with Gasteiger partial charge >= 0.3 is 0 Å². The number of Topliss-reactive ketones (excluding diaryl/α,β-unsaturated/α-hetero) is 2. The number of carbonyl (C=O) groups is 3. The highest BCUT2D eigenvalue weighted by molar-refractivity contribution is 5.87. The Morgan fingerprint density at radius 2 is 1.31 bits per heavy atom. The van der Waals surface area contributed by atoms with Crippen LogP contribution in [0.4, 0.5) is 0 Å². The van der Waals surface area contributed by atoms with Gasteiger partial charge in [-0.3, -0.25) is 9.59 Å². The second-order valence-electron chi connectivity index (χ2n) is 5.63. The molecule has 0 spiro atoms. The van der Waals surface area contributed by atoms with Gasteiger partial charge in [-0.1, -0.05) is 26.3 Å². The third-order valence-corrected chi connectivity index (χ3v) is 2.82. The second-order valence-corrected chi connectivity index (χ2v) is 5.63. The number of hydrogen-bond acceptors (Lipinski definition) is 6. The largest absolute Gasteiger partial charge is 0.333 e. The smallest absolute Gasteiger partial charge is 0.152 e. The minimum Gasteiger partial charge on any atom is -0.333 e. The van der Waals surface area contributed by atoms with Crippen LogP contribution >= 0.6 is 0 Å². The summed E-state index contributed by atoms with van der Waals surface area (Å²) >= 11 is 0. The zero-order valence-corrected chi connectivity index (χ0v) is 18.8. The molecule has 0 aromatic rings. The Morgan fingerprint density at radius 3 is 1.38 bits per heavy atom. The molecule has 0 aliphatic rings. The zero-order valence-electron chi connectivity index (χ0n) is 18.8. The highest BCUT2D eigenvalue weighted by Crippen LogP contribution is 2.05. The first-order valence-corrected chi connectivity index (χ1v) is 9.05. The number of allylic oxidation sites excluding steroid dienone is 2. The average molecular weight is 376 g/mol. The maximum Gasteiger partial charge on any atom is 0.152 e. The number of rotatable bonds is 7. The van der Waals surface area contributed by atoms with Crippen LogP contribution in [0.15, 0.2) is 12.2 Å². The highest BCUT2D eigenvalue weighted by atomic mass is 16.1. The molecule has 5 N–H and O–H groups in total. The van der Waals surface area contributed by atoms with Crippen LogP contribution in [0.1, 0.15) is 67.7 Å². The van der Waals surface area contributed by atoms with E-state index in [0.717, 1.165) is 12.8 Å². The predicted molar refractivity (Wildman–Crippen MR) is 114 cm³/mol. The lowest BCUT2D eigenvalue weighted by Crippen LogP contribution is -2.23. The van der Waals surface area contributed by atoms with E-state index in [2.05, 4.69) is 30.6 Å². The van der Waals surface area contributed by atoms with Gasteiger partial charge in [-0.2, -0.15) is 0 Å². The number of carbonyl (C=O) groups excluding carboxylic acids is 3. The average Bonchev–Trinajstić information content (AvgIpc) is 2.58.